The van der Waals surface area contributed by atoms with Gasteiger partial charge in [0.05, 0.1) is 11.0 Å². The molecule has 0 amide bonds. The molecule has 2 unspecified atom stereocenters. The maximum atomic E-state index is 11.6. The second-order valence-electron chi connectivity index (χ2n) is 4.70. The van der Waals surface area contributed by atoms with E-state index in [1.54, 1.807) is 12.1 Å². The predicted octanol–water partition coefficient (Wildman–Crippen LogP) is 0.875. The van der Waals surface area contributed by atoms with Crippen molar-refractivity contribution < 1.29 is 13.2 Å². The van der Waals surface area contributed by atoms with Crippen LogP contribution in [0.2, 0.25) is 0 Å². The van der Waals surface area contributed by atoms with Crippen LogP contribution >= 0.6 is 0 Å². The number of carbonyl (C=O) groups excluding carboxylic acids is 1. The van der Waals surface area contributed by atoms with E-state index in [0.717, 1.165) is 18.4 Å². The summed E-state index contributed by atoms with van der Waals surface area (Å²) in [7, 11) is -2.84. The third-order valence-corrected chi connectivity index (χ3v) is 5.88. The lowest BCUT2D eigenvalue weighted by molar-refractivity contribution is 0.112. The number of anilines is 1. The highest BCUT2D eigenvalue weighted by Gasteiger charge is 2.48. The summed E-state index contributed by atoms with van der Waals surface area (Å²) in [6, 6.07) is 7.42. The number of nitrogens with zero attached hydrogens (tertiary/aromatic N) is 1. The van der Waals surface area contributed by atoms with Gasteiger partial charge < -0.3 is 4.90 Å². The minimum atomic E-state index is -2.84. The Balaban J connectivity index is 1.86. The van der Waals surface area contributed by atoms with Gasteiger partial charge in [0, 0.05) is 23.8 Å². The molecular formula is C12H13NO3S. The average Bonchev–Trinajstić information content (AvgIpc) is 2.84. The maximum absolute atomic E-state index is 11.6. The molecule has 90 valence electrons. The Morgan fingerprint density at radius 3 is 2.41 bits per heavy atom. The molecule has 0 spiro atoms. The van der Waals surface area contributed by atoms with Crippen LogP contribution in [0, 0.1) is 0 Å². The second-order valence-corrected chi connectivity index (χ2v) is 7.03. The van der Waals surface area contributed by atoms with Crippen molar-refractivity contribution in [2.75, 3.05) is 17.2 Å². The molecule has 2 aliphatic heterocycles. The van der Waals surface area contributed by atoms with Gasteiger partial charge in [-0.25, -0.2) is 8.42 Å². The Kier molecular flexibility index (Phi) is 2.26. The number of sulfone groups is 1. The van der Waals surface area contributed by atoms with Gasteiger partial charge in [0.25, 0.3) is 0 Å². The molecular weight excluding hydrogens is 238 g/mol. The fourth-order valence-electron chi connectivity index (χ4n) is 2.76. The molecule has 0 aliphatic carbocycles. The maximum Gasteiger partial charge on any atom is 0.156 e. The molecule has 17 heavy (non-hydrogen) atoms. The van der Waals surface area contributed by atoms with E-state index in [4.69, 9.17) is 0 Å². The summed E-state index contributed by atoms with van der Waals surface area (Å²) in [5, 5.41) is -0.196. The van der Waals surface area contributed by atoms with E-state index in [-0.39, 0.29) is 17.0 Å². The summed E-state index contributed by atoms with van der Waals surface area (Å²) in [5.41, 5.74) is 1.66. The summed E-state index contributed by atoms with van der Waals surface area (Å²) in [5.74, 6) is 0.271. The normalized spacial score (nSPS) is 29.5. The van der Waals surface area contributed by atoms with Crippen LogP contribution < -0.4 is 4.90 Å². The summed E-state index contributed by atoms with van der Waals surface area (Å²) in [4.78, 5) is 12.7. The quantitative estimate of drug-likeness (QED) is 0.732. The number of hydrogen-bond donors (Lipinski definition) is 0. The molecule has 5 heteroatoms. The van der Waals surface area contributed by atoms with Crippen LogP contribution in [0.3, 0.4) is 0 Å². The van der Waals surface area contributed by atoms with Crippen molar-refractivity contribution in [1.82, 2.24) is 0 Å². The van der Waals surface area contributed by atoms with E-state index >= 15 is 0 Å². The Labute approximate surface area is 100 Å². The number of rotatable bonds is 2. The van der Waals surface area contributed by atoms with Crippen molar-refractivity contribution in [3.8, 4) is 0 Å². The van der Waals surface area contributed by atoms with Crippen molar-refractivity contribution in [1.29, 1.82) is 0 Å². The Bertz CT molecular complexity index is 550. The van der Waals surface area contributed by atoms with Gasteiger partial charge in [-0.2, -0.15) is 0 Å². The molecule has 0 saturated carbocycles. The fourth-order valence-corrected chi connectivity index (χ4v) is 4.78. The Hall–Kier alpha value is -1.36. The van der Waals surface area contributed by atoms with Gasteiger partial charge in [-0.1, -0.05) is 0 Å². The first-order chi connectivity index (χ1) is 8.10. The SMILES string of the molecule is O=Cc1ccc(N2CC3CC2CS3(=O)=O)cc1. The lowest BCUT2D eigenvalue weighted by Gasteiger charge is -2.28. The van der Waals surface area contributed by atoms with E-state index in [1.165, 1.54) is 0 Å². The lowest BCUT2D eigenvalue weighted by atomic mass is 10.2. The van der Waals surface area contributed by atoms with Crippen molar-refractivity contribution in [2.45, 2.75) is 17.7 Å². The largest absolute Gasteiger partial charge is 0.366 e. The highest BCUT2D eigenvalue weighted by atomic mass is 32.2. The molecule has 0 radical (unpaired) electrons. The van der Waals surface area contributed by atoms with Crippen LogP contribution in [0.25, 0.3) is 0 Å². The number of benzene rings is 1. The Morgan fingerprint density at radius 2 is 1.94 bits per heavy atom. The zero-order chi connectivity index (χ0) is 12.0. The van der Waals surface area contributed by atoms with Crippen LogP contribution in [-0.2, 0) is 9.84 Å². The first-order valence-electron chi connectivity index (χ1n) is 5.63. The van der Waals surface area contributed by atoms with Gasteiger partial charge in [-0.15, -0.1) is 0 Å². The number of aldehydes is 1. The van der Waals surface area contributed by atoms with Crippen molar-refractivity contribution in [2.24, 2.45) is 0 Å². The summed E-state index contributed by atoms with van der Waals surface area (Å²) >= 11 is 0. The number of carbonyl (C=O) groups is 1. The van der Waals surface area contributed by atoms with Crippen molar-refractivity contribution in [3.05, 3.63) is 29.8 Å². The molecule has 4 nitrogen and oxygen atoms in total. The van der Waals surface area contributed by atoms with Crippen LogP contribution in [-0.4, -0.2) is 38.3 Å². The number of fused-ring (bicyclic) bond motifs is 2. The molecule has 2 fully saturated rings. The first-order valence-corrected chi connectivity index (χ1v) is 7.35. The van der Waals surface area contributed by atoms with Gasteiger partial charge >= 0.3 is 0 Å². The van der Waals surface area contributed by atoms with E-state index in [1.807, 2.05) is 12.1 Å². The average molecular weight is 251 g/mol. The molecule has 0 aromatic heterocycles. The van der Waals surface area contributed by atoms with E-state index in [2.05, 4.69) is 4.90 Å². The van der Waals surface area contributed by atoms with Crippen LogP contribution in [0.15, 0.2) is 24.3 Å². The molecule has 3 rings (SSSR count). The minimum absolute atomic E-state index is 0.118. The molecule has 2 atom stereocenters. The summed E-state index contributed by atoms with van der Waals surface area (Å²) < 4.78 is 23.3. The zero-order valence-corrected chi connectivity index (χ0v) is 10.1. The van der Waals surface area contributed by atoms with Gasteiger partial charge in [0.15, 0.2) is 9.84 Å². The molecule has 0 N–H and O–H groups in total. The van der Waals surface area contributed by atoms with Gasteiger partial charge in [0.2, 0.25) is 0 Å². The second kappa shape index (κ2) is 3.57. The van der Waals surface area contributed by atoms with E-state index in [9.17, 15) is 13.2 Å². The van der Waals surface area contributed by atoms with E-state index in [0.29, 0.717) is 12.1 Å². The molecule has 2 bridgehead atoms. The topological polar surface area (TPSA) is 54.5 Å². The molecule has 1 aromatic rings. The smallest absolute Gasteiger partial charge is 0.156 e. The highest BCUT2D eigenvalue weighted by Crippen LogP contribution is 2.36. The predicted molar refractivity (Wildman–Crippen MR) is 65.2 cm³/mol. The molecule has 2 heterocycles. The fraction of sp³-hybridized carbons (Fsp3) is 0.417. The summed E-state index contributed by atoms with van der Waals surface area (Å²) in [6.07, 6.45) is 1.56. The summed E-state index contributed by atoms with van der Waals surface area (Å²) in [6.45, 7) is 0.591. The number of hydrogen-bond acceptors (Lipinski definition) is 4. The van der Waals surface area contributed by atoms with Gasteiger partial charge in [-0.3, -0.25) is 4.79 Å². The van der Waals surface area contributed by atoms with Crippen LogP contribution in [0.1, 0.15) is 16.8 Å². The van der Waals surface area contributed by atoms with Gasteiger partial charge in [0.1, 0.15) is 6.29 Å². The first kappa shape index (κ1) is 10.8. The van der Waals surface area contributed by atoms with Crippen molar-refractivity contribution >= 4 is 21.8 Å². The highest BCUT2D eigenvalue weighted by molar-refractivity contribution is 7.92. The third kappa shape index (κ3) is 1.65. The minimum Gasteiger partial charge on any atom is -0.366 e. The third-order valence-electron chi connectivity index (χ3n) is 3.67. The van der Waals surface area contributed by atoms with Crippen molar-refractivity contribution in [3.63, 3.8) is 0 Å². The molecule has 2 saturated heterocycles. The zero-order valence-electron chi connectivity index (χ0n) is 9.24. The van der Waals surface area contributed by atoms with Crippen LogP contribution in [0.4, 0.5) is 5.69 Å². The van der Waals surface area contributed by atoms with Gasteiger partial charge in [-0.05, 0) is 30.7 Å². The van der Waals surface area contributed by atoms with Crippen LogP contribution in [0.5, 0.6) is 0 Å². The molecule has 2 aliphatic rings. The van der Waals surface area contributed by atoms with E-state index < -0.39 is 9.84 Å². The lowest BCUT2D eigenvalue weighted by Crippen LogP contribution is -2.40. The standard InChI is InChI=1S/C12H13NO3S/c14-7-9-1-3-10(4-2-9)13-6-12-5-11(13)8-17(12,15)16/h1-4,7,11-12H,5-6,8H2. The monoisotopic (exact) mass is 251 g/mol. The molecule has 1 aromatic carbocycles. The Morgan fingerprint density at radius 1 is 1.24 bits per heavy atom.